The maximum atomic E-state index is 9.61. The molecule has 0 aromatic heterocycles. The van der Waals surface area contributed by atoms with E-state index in [1.807, 2.05) is 6.92 Å². The van der Waals surface area contributed by atoms with Gasteiger partial charge in [0.05, 0.1) is 6.10 Å². The summed E-state index contributed by atoms with van der Waals surface area (Å²) < 4.78 is 0. The quantitative estimate of drug-likeness (QED) is 0.724. The minimum Gasteiger partial charge on any atom is -0.392 e. The van der Waals surface area contributed by atoms with Crippen molar-refractivity contribution in [2.75, 3.05) is 6.54 Å². The zero-order chi connectivity index (χ0) is 9.84. The highest BCUT2D eigenvalue weighted by atomic mass is 16.3. The number of hydrogen-bond acceptors (Lipinski definition) is 2. The standard InChI is InChI=1S/C11H23NO/c1-4-10-7-6-9(3)12(10)8-11(13)5-2/h9-11,13H,4-8H2,1-3H3. The van der Waals surface area contributed by atoms with E-state index in [9.17, 15) is 5.11 Å². The molecular weight excluding hydrogens is 162 g/mol. The summed E-state index contributed by atoms with van der Waals surface area (Å²) in [6.07, 6.45) is 4.58. The molecule has 1 aliphatic rings. The van der Waals surface area contributed by atoms with Gasteiger partial charge in [0.15, 0.2) is 0 Å². The highest BCUT2D eigenvalue weighted by Gasteiger charge is 2.29. The maximum absolute atomic E-state index is 9.61. The molecule has 0 aliphatic carbocycles. The molecule has 1 rings (SSSR count). The lowest BCUT2D eigenvalue weighted by Gasteiger charge is -2.29. The van der Waals surface area contributed by atoms with Crippen LogP contribution in [0, 0.1) is 0 Å². The SMILES string of the molecule is CCC(O)CN1C(C)CCC1CC. The lowest BCUT2D eigenvalue weighted by Crippen LogP contribution is -2.39. The topological polar surface area (TPSA) is 23.5 Å². The van der Waals surface area contributed by atoms with Crippen LogP contribution in [0.4, 0.5) is 0 Å². The van der Waals surface area contributed by atoms with Crippen LogP contribution in [0.1, 0.15) is 46.5 Å². The van der Waals surface area contributed by atoms with Crippen LogP contribution in [0.2, 0.25) is 0 Å². The zero-order valence-electron chi connectivity index (χ0n) is 9.16. The van der Waals surface area contributed by atoms with Gasteiger partial charge in [-0.05, 0) is 32.6 Å². The predicted octanol–water partition coefficient (Wildman–Crippen LogP) is 2.02. The Morgan fingerprint density at radius 1 is 1.38 bits per heavy atom. The Morgan fingerprint density at radius 2 is 2.08 bits per heavy atom. The van der Waals surface area contributed by atoms with Crippen molar-refractivity contribution in [3.05, 3.63) is 0 Å². The first-order valence-electron chi connectivity index (χ1n) is 5.62. The molecule has 13 heavy (non-hydrogen) atoms. The van der Waals surface area contributed by atoms with Gasteiger partial charge in [-0.2, -0.15) is 0 Å². The third-order valence-corrected chi connectivity index (χ3v) is 3.32. The van der Waals surface area contributed by atoms with Crippen molar-refractivity contribution < 1.29 is 5.11 Å². The second-order valence-corrected chi connectivity index (χ2v) is 4.25. The Labute approximate surface area is 81.9 Å². The predicted molar refractivity (Wildman–Crippen MR) is 55.8 cm³/mol. The molecule has 0 aromatic rings. The van der Waals surface area contributed by atoms with E-state index in [2.05, 4.69) is 18.7 Å². The van der Waals surface area contributed by atoms with Gasteiger partial charge in [0.2, 0.25) is 0 Å². The van der Waals surface area contributed by atoms with Gasteiger partial charge < -0.3 is 5.11 Å². The van der Waals surface area contributed by atoms with Crippen molar-refractivity contribution in [2.24, 2.45) is 0 Å². The number of aliphatic hydroxyl groups is 1. The molecule has 0 saturated carbocycles. The number of aliphatic hydroxyl groups excluding tert-OH is 1. The zero-order valence-corrected chi connectivity index (χ0v) is 9.16. The average Bonchev–Trinajstić information content (AvgIpc) is 2.48. The number of β-amino-alcohol motifs (C(OH)–C–C–N with tert-alkyl or cyclic N) is 1. The largest absolute Gasteiger partial charge is 0.392 e. The van der Waals surface area contributed by atoms with Gasteiger partial charge in [-0.1, -0.05) is 13.8 Å². The minimum absolute atomic E-state index is 0.130. The molecule has 0 bridgehead atoms. The van der Waals surface area contributed by atoms with Gasteiger partial charge in [0.1, 0.15) is 0 Å². The van der Waals surface area contributed by atoms with E-state index < -0.39 is 0 Å². The summed E-state index contributed by atoms with van der Waals surface area (Å²) in [6.45, 7) is 7.44. The van der Waals surface area contributed by atoms with Crippen molar-refractivity contribution in [3.8, 4) is 0 Å². The third-order valence-electron chi connectivity index (χ3n) is 3.32. The number of likely N-dealkylation sites (tertiary alicyclic amines) is 1. The van der Waals surface area contributed by atoms with Crippen LogP contribution in [0.3, 0.4) is 0 Å². The van der Waals surface area contributed by atoms with Crippen molar-refractivity contribution in [1.29, 1.82) is 0 Å². The fourth-order valence-electron chi connectivity index (χ4n) is 2.27. The van der Waals surface area contributed by atoms with Gasteiger partial charge in [-0.25, -0.2) is 0 Å². The summed E-state index contributed by atoms with van der Waals surface area (Å²) in [5.74, 6) is 0. The number of nitrogens with zero attached hydrogens (tertiary/aromatic N) is 1. The molecule has 3 unspecified atom stereocenters. The lowest BCUT2D eigenvalue weighted by atomic mass is 10.1. The smallest absolute Gasteiger partial charge is 0.0664 e. The van der Waals surface area contributed by atoms with Crippen molar-refractivity contribution in [1.82, 2.24) is 4.90 Å². The molecule has 1 aliphatic heterocycles. The molecule has 2 heteroatoms. The first kappa shape index (κ1) is 11.0. The van der Waals surface area contributed by atoms with Crippen LogP contribution < -0.4 is 0 Å². The van der Waals surface area contributed by atoms with Crippen LogP contribution in [-0.2, 0) is 0 Å². The Kier molecular flexibility index (Phi) is 4.20. The Hall–Kier alpha value is -0.0800. The summed E-state index contributed by atoms with van der Waals surface area (Å²) >= 11 is 0. The van der Waals surface area contributed by atoms with E-state index in [0.29, 0.717) is 6.04 Å². The summed E-state index contributed by atoms with van der Waals surface area (Å²) in [4.78, 5) is 2.48. The maximum Gasteiger partial charge on any atom is 0.0664 e. The lowest BCUT2D eigenvalue weighted by molar-refractivity contribution is 0.0836. The molecule has 2 nitrogen and oxygen atoms in total. The molecule has 3 atom stereocenters. The fraction of sp³-hybridized carbons (Fsp3) is 1.00. The number of rotatable bonds is 4. The molecule has 1 saturated heterocycles. The van der Waals surface area contributed by atoms with Gasteiger partial charge in [0, 0.05) is 18.6 Å². The highest BCUT2D eigenvalue weighted by molar-refractivity contribution is 4.85. The average molecular weight is 185 g/mol. The minimum atomic E-state index is -0.130. The molecule has 0 amide bonds. The number of hydrogen-bond donors (Lipinski definition) is 1. The highest BCUT2D eigenvalue weighted by Crippen LogP contribution is 2.26. The van der Waals surface area contributed by atoms with Crippen LogP contribution in [0.25, 0.3) is 0 Å². The normalized spacial score (nSPS) is 32.3. The molecule has 1 N–H and O–H groups in total. The monoisotopic (exact) mass is 185 g/mol. The van der Waals surface area contributed by atoms with Crippen molar-refractivity contribution in [2.45, 2.75) is 64.6 Å². The Morgan fingerprint density at radius 3 is 2.62 bits per heavy atom. The molecule has 0 aromatic carbocycles. The van der Waals surface area contributed by atoms with E-state index in [0.717, 1.165) is 19.0 Å². The van der Waals surface area contributed by atoms with E-state index in [4.69, 9.17) is 0 Å². The van der Waals surface area contributed by atoms with E-state index in [1.54, 1.807) is 0 Å². The fourth-order valence-corrected chi connectivity index (χ4v) is 2.27. The van der Waals surface area contributed by atoms with Crippen LogP contribution in [-0.4, -0.2) is 34.7 Å². The molecule has 78 valence electrons. The van der Waals surface area contributed by atoms with Gasteiger partial charge >= 0.3 is 0 Å². The first-order valence-corrected chi connectivity index (χ1v) is 5.62. The summed E-state index contributed by atoms with van der Waals surface area (Å²) in [6, 6.07) is 1.39. The van der Waals surface area contributed by atoms with Gasteiger partial charge in [-0.15, -0.1) is 0 Å². The van der Waals surface area contributed by atoms with Crippen LogP contribution >= 0.6 is 0 Å². The summed E-state index contributed by atoms with van der Waals surface area (Å²) in [5, 5.41) is 9.61. The third kappa shape index (κ3) is 2.68. The van der Waals surface area contributed by atoms with E-state index in [1.165, 1.54) is 19.3 Å². The molecule has 0 spiro atoms. The second-order valence-electron chi connectivity index (χ2n) is 4.25. The van der Waals surface area contributed by atoms with Crippen LogP contribution in [0.15, 0.2) is 0 Å². The van der Waals surface area contributed by atoms with Gasteiger partial charge in [-0.3, -0.25) is 4.90 Å². The molecular formula is C11H23NO. The van der Waals surface area contributed by atoms with Gasteiger partial charge in [0.25, 0.3) is 0 Å². The van der Waals surface area contributed by atoms with E-state index in [-0.39, 0.29) is 6.10 Å². The molecule has 0 radical (unpaired) electrons. The Balaban J connectivity index is 2.44. The van der Waals surface area contributed by atoms with Crippen LogP contribution in [0.5, 0.6) is 0 Å². The first-order chi connectivity index (χ1) is 6.19. The van der Waals surface area contributed by atoms with E-state index >= 15 is 0 Å². The second kappa shape index (κ2) is 4.97. The summed E-state index contributed by atoms with van der Waals surface area (Å²) in [5.41, 5.74) is 0. The van der Waals surface area contributed by atoms with Crippen molar-refractivity contribution >= 4 is 0 Å². The van der Waals surface area contributed by atoms with Crippen molar-refractivity contribution in [3.63, 3.8) is 0 Å². The summed E-state index contributed by atoms with van der Waals surface area (Å²) in [7, 11) is 0. The molecule has 1 heterocycles. The Bertz CT molecular complexity index is 149. The molecule has 1 fully saturated rings.